The van der Waals surface area contributed by atoms with Gasteiger partial charge >= 0.3 is 0 Å². The predicted octanol–water partition coefficient (Wildman–Crippen LogP) is 2.83. The molecular weight excluding hydrogens is 268 g/mol. The zero-order chi connectivity index (χ0) is 13.4. The van der Waals surface area contributed by atoms with E-state index in [1.54, 1.807) is 6.92 Å². The summed E-state index contributed by atoms with van der Waals surface area (Å²) < 4.78 is 1.66. The van der Waals surface area contributed by atoms with E-state index in [1.807, 2.05) is 13.0 Å². The highest BCUT2D eigenvalue weighted by molar-refractivity contribution is 7.71. The highest BCUT2D eigenvalue weighted by atomic mass is 32.1. The average Bonchev–Trinajstić information content (AvgIpc) is 2.71. The van der Waals surface area contributed by atoms with Gasteiger partial charge in [-0.1, -0.05) is 6.92 Å². The van der Waals surface area contributed by atoms with Gasteiger partial charge in [-0.25, -0.2) is 0 Å². The average molecular weight is 282 g/mol. The summed E-state index contributed by atoms with van der Waals surface area (Å²) in [7, 11) is 0. The van der Waals surface area contributed by atoms with Crippen LogP contribution in [0.3, 0.4) is 0 Å². The smallest absolute Gasteiger partial charge is 0.263 e. The number of rotatable bonds is 3. The Morgan fingerprint density at radius 2 is 2.28 bits per heavy atom. The first-order chi connectivity index (χ1) is 8.45. The van der Waals surface area contributed by atoms with Gasteiger partial charge in [0.1, 0.15) is 4.83 Å². The number of H-pyrrole nitrogens is 1. The van der Waals surface area contributed by atoms with Gasteiger partial charge in [0.05, 0.1) is 11.4 Å². The fourth-order valence-corrected chi connectivity index (χ4v) is 3.18. The van der Waals surface area contributed by atoms with Gasteiger partial charge in [-0.15, -0.1) is 11.3 Å². The minimum Gasteiger partial charge on any atom is -0.323 e. The van der Waals surface area contributed by atoms with E-state index in [9.17, 15) is 9.59 Å². The van der Waals surface area contributed by atoms with Crippen LogP contribution in [0.1, 0.15) is 31.7 Å². The molecule has 1 unspecified atom stereocenters. The number of aromatic nitrogens is 2. The van der Waals surface area contributed by atoms with Gasteiger partial charge in [0, 0.05) is 4.88 Å². The molecule has 4 nitrogen and oxygen atoms in total. The Morgan fingerprint density at radius 1 is 1.61 bits per heavy atom. The standard InChI is InChI=1S/C12H14N2O2S2/c1-4-8-5-9-10(18-8)13-12(17)14(11(9)16)6(2)7(3)15/h5-6H,4H2,1-3H3,(H,13,17). The third-order valence-corrected chi connectivity index (χ3v) is 4.49. The molecule has 0 bridgehead atoms. The van der Waals surface area contributed by atoms with Gasteiger partial charge in [0.15, 0.2) is 10.6 Å². The van der Waals surface area contributed by atoms with Crippen molar-refractivity contribution < 1.29 is 4.79 Å². The van der Waals surface area contributed by atoms with Crippen molar-refractivity contribution in [2.75, 3.05) is 0 Å². The van der Waals surface area contributed by atoms with Crippen LogP contribution >= 0.6 is 23.6 Å². The zero-order valence-electron chi connectivity index (χ0n) is 10.4. The lowest BCUT2D eigenvalue weighted by atomic mass is 10.2. The van der Waals surface area contributed by atoms with Crippen molar-refractivity contribution in [3.8, 4) is 0 Å². The number of nitrogens with zero attached hydrogens (tertiary/aromatic N) is 1. The van der Waals surface area contributed by atoms with Gasteiger partial charge in [-0.2, -0.15) is 0 Å². The summed E-state index contributed by atoms with van der Waals surface area (Å²) in [6.45, 7) is 5.18. The van der Waals surface area contributed by atoms with Crippen LogP contribution in [0.25, 0.3) is 10.2 Å². The number of thiophene rings is 1. The second-order valence-electron chi connectivity index (χ2n) is 4.20. The molecule has 2 aromatic rings. The van der Waals surface area contributed by atoms with E-state index in [0.717, 1.165) is 16.1 Å². The van der Waals surface area contributed by atoms with Crippen LogP contribution < -0.4 is 5.56 Å². The number of carbonyl (C=O) groups excluding carboxylic acids is 1. The number of Topliss-reactive ketones (excluding diaryl/α,β-unsaturated/α-hetero) is 1. The molecule has 0 saturated heterocycles. The number of carbonyl (C=O) groups is 1. The number of ketones is 1. The summed E-state index contributed by atoms with van der Waals surface area (Å²) in [5.74, 6) is -0.0816. The van der Waals surface area contributed by atoms with Crippen LogP contribution in [0.15, 0.2) is 10.9 Å². The molecule has 0 fully saturated rings. The van der Waals surface area contributed by atoms with Crippen molar-refractivity contribution >= 4 is 39.6 Å². The van der Waals surface area contributed by atoms with E-state index < -0.39 is 6.04 Å². The van der Waals surface area contributed by atoms with Crippen molar-refractivity contribution in [2.45, 2.75) is 33.2 Å². The maximum atomic E-state index is 12.4. The molecule has 96 valence electrons. The molecule has 0 aromatic carbocycles. The summed E-state index contributed by atoms with van der Waals surface area (Å²) >= 11 is 6.70. The van der Waals surface area contributed by atoms with Crippen LogP contribution in [0.5, 0.6) is 0 Å². The summed E-state index contributed by atoms with van der Waals surface area (Å²) in [6, 6.07) is 1.34. The third kappa shape index (κ3) is 2.06. The molecule has 0 aliphatic rings. The number of hydrogen-bond donors (Lipinski definition) is 1. The van der Waals surface area contributed by atoms with Crippen LogP contribution in [0, 0.1) is 4.77 Å². The highest BCUT2D eigenvalue weighted by Gasteiger charge is 2.16. The topological polar surface area (TPSA) is 54.9 Å². The SMILES string of the molecule is CCc1cc2c(=O)n(C(C)C(C)=O)c(=S)[nH]c2s1. The first kappa shape index (κ1) is 13.2. The summed E-state index contributed by atoms with van der Waals surface area (Å²) in [4.78, 5) is 28.7. The van der Waals surface area contributed by atoms with E-state index in [0.29, 0.717) is 10.2 Å². The monoisotopic (exact) mass is 282 g/mol. The second-order valence-corrected chi connectivity index (χ2v) is 5.72. The molecule has 1 N–H and O–H groups in total. The first-order valence-corrected chi connectivity index (χ1v) is 6.95. The Bertz CT molecular complexity index is 724. The molecule has 2 aromatic heterocycles. The normalized spacial score (nSPS) is 12.8. The summed E-state index contributed by atoms with van der Waals surface area (Å²) in [6.07, 6.45) is 0.877. The Labute approximate surface area is 113 Å². The Kier molecular flexibility index (Phi) is 3.49. The van der Waals surface area contributed by atoms with Crippen molar-refractivity contribution in [1.29, 1.82) is 0 Å². The van der Waals surface area contributed by atoms with Crippen LogP contribution in [0.4, 0.5) is 0 Å². The molecule has 1 atom stereocenters. The lowest BCUT2D eigenvalue weighted by molar-refractivity contribution is -0.119. The van der Waals surface area contributed by atoms with Crippen LogP contribution in [-0.2, 0) is 11.2 Å². The quantitative estimate of drug-likeness (QED) is 0.881. The highest BCUT2D eigenvalue weighted by Crippen LogP contribution is 2.22. The van der Waals surface area contributed by atoms with Gasteiger partial charge in [0.25, 0.3) is 5.56 Å². The van der Waals surface area contributed by atoms with Crippen LogP contribution in [0.2, 0.25) is 0 Å². The number of hydrogen-bond acceptors (Lipinski definition) is 4. The fraction of sp³-hybridized carbons (Fsp3) is 0.417. The molecule has 0 radical (unpaired) electrons. The van der Waals surface area contributed by atoms with Crippen molar-refractivity contribution in [3.05, 3.63) is 26.1 Å². The van der Waals surface area contributed by atoms with Gasteiger partial charge in [0.2, 0.25) is 0 Å². The maximum absolute atomic E-state index is 12.4. The van der Waals surface area contributed by atoms with Crippen molar-refractivity contribution in [1.82, 2.24) is 9.55 Å². The Hall–Kier alpha value is -1.27. The second kappa shape index (κ2) is 4.78. The van der Waals surface area contributed by atoms with Gasteiger partial charge < -0.3 is 4.98 Å². The fourth-order valence-electron chi connectivity index (χ4n) is 1.78. The van der Waals surface area contributed by atoms with Gasteiger partial charge in [-0.3, -0.25) is 14.2 Å². The number of fused-ring (bicyclic) bond motifs is 1. The molecule has 2 heterocycles. The lowest BCUT2D eigenvalue weighted by Gasteiger charge is -2.11. The molecule has 0 saturated carbocycles. The molecule has 0 aliphatic heterocycles. The minimum absolute atomic E-state index is 0.0816. The van der Waals surface area contributed by atoms with E-state index >= 15 is 0 Å². The minimum atomic E-state index is -0.532. The lowest BCUT2D eigenvalue weighted by Crippen LogP contribution is -2.28. The number of aromatic amines is 1. The third-order valence-electron chi connectivity index (χ3n) is 3.00. The zero-order valence-corrected chi connectivity index (χ0v) is 12.1. The predicted molar refractivity (Wildman–Crippen MR) is 76.0 cm³/mol. The van der Waals surface area contributed by atoms with Crippen molar-refractivity contribution in [3.63, 3.8) is 0 Å². The first-order valence-electron chi connectivity index (χ1n) is 5.73. The molecule has 0 amide bonds. The van der Waals surface area contributed by atoms with Gasteiger partial charge in [-0.05, 0) is 38.6 Å². The summed E-state index contributed by atoms with van der Waals surface area (Å²) in [5.41, 5.74) is -0.188. The largest absolute Gasteiger partial charge is 0.323 e. The Morgan fingerprint density at radius 3 is 2.83 bits per heavy atom. The molecule has 0 spiro atoms. The molecular formula is C12H14N2O2S2. The molecule has 18 heavy (non-hydrogen) atoms. The maximum Gasteiger partial charge on any atom is 0.263 e. The Balaban J connectivity index is 2.80. The van der Waals surface area contributed by atoms with E-state index in [2.05, 4.69) is 4.98 Å². The summed E-state index contributed by atoms with van der Waals surface area (Å²) in [5, 5.41) is 0.610. The number of nitrogens with one attached hydrogen (secondary N) is 1. The molecule has 0 aliphatic carbocycles. The molecule has 2 rings (SSSR count). The van der Waals surface area contributed by atoms with E-state index in [4.69, 9.17) is 12.2 Å². The van der Waals surface area contributed by atoms with E-state index in [1.165, 1.54) is 22.8 Å². The van der Waals surface area contributed by atoms with E-state index in [-0.39, 0.29) is 11.3 Å². The number of aryl methyl sites for hydroxylation is 1. The molecule has 6 heteroatoms. The van der Waals surface area contributed by atoms with Crippen molar-refractivity contribution in [2.24, 2.45) is 0 Å². The van der Waals surface area contributed by atoms with Crippen LogP contribution in [-0.4, -0.2) is 15.3 Å².